The highest BCUT2D eigenvalue weighted by molar-refractivity contribution is 14.1. The van der Waals surface area contributed by atoms with Gasteiger partial charge in [0.05, 0.1) is 6.33 Å². The number of anilines is 1. The van der Waals surface area contributed by atoms with Crippen LogP contribution in [0.3, 0.4) is 0 Å². The smallest absolute Gasteiger partial charge is 0.268 e. The maximum absolute atomic E-state index is 11.3. The van der Waals surface area contributed by atoms with E-state index < -0.39 is 0 Å². The van der Waals surface area contributed by atoms with Gasteiger partial charge in [-0.15, -0.1) is 0 Å². The standard InChI is InChI=1S/C11H10IN3O2/c1-13-7-2-4-8(5-3-7)17-11-9(12)10(16)14-6-15-11/h2-6,13H,1H3,(H,14,15,16). The molecule has 1 aromatic carbocycles. The number of aromatic amines is 1. The van der Waals surface area contributed by atoms with E-state index in [1.54, 1.807) is 0 Å². The van der Waals surface area contributed by atoms with Gasteiger partial charge >= 0.3 is 0 Å². The third-order valence-electron chi connectivity index (χ3n) is 2.12. The number of nitrogens with one attached hydrogen (secondary N) is 2. The van der Waals surface area contributed by atoms with Gasteiger partial charge in [-0.1, -0.05) is 0 Å². The fraction of sp³-hybridized carbons (Fsp3) is 0.0909. The van der Waals surface area contributed by atoms with Crippen LogP contribution in [-0.4, -0.2) is 17.0 Å². The summed E-state index contributed by atoms with van der Waals surface area (Å²) >= 11 is 1.90. The van der Waals surface area contributed by atoms with Crippen molar-refractivity contribution in [2.75, 3.05) is 12.4 Å². The zero-order valence-corrected chi connectivity index (χ0v) is 11.2. The minimum absolute atomic E-state index is 0.206. The highest BCUT2D eigenvalue weighted by atomic mass is 127. The Bertz CT molecular complexity index is 566. The Kier molecular flexibility index (Phi) is 3.62. The van der Waals surface area contributed by atoms with Gasteiger partial charge in [0, 0.05) is 12.7 Å². The molecule has 2 aromatic rings. The van der Waals surface area contributed by atoms with E-state index in [1.165, 1.54) is 6.33 Å². The molecule has 0 aliphatic carbocycles. The Balaban J connectivity index is 2.25. The van der Waals surface area contributed by atoms with Crippen LogP contribution in [0.25, 0.3) is 0 Å². The van der Waals surface area contributed by atoms with Crippen LogP contribution < -0.4 is 15.6 Å². The highest BCUT2D eigenvalue weighted by Gasteiger charge is 2.07. The van der Waals surface area contributed by atoms with Crippen LogP contribution in [0.15, 0.2) is 35.4 Å². The first-order chi connectivity index (χ1) is 8.20. The number of rotatable bonds is 3. The van der Waals surface area contributed by atoms with Gasteiger partial charge in [-0.3, -0.25) is 4.79 Å². The molecule has 6 heteroatoms. The number of benzene rings is 1. The lowest BCUT2D eigenvalue weighted by atomic mass is 10.3. The largest absolute Gasteiger partial charge is 0.438 e. The molecule has 2 rings (SSSR count). The van der Waals surface area contributed by atoms with Crippen LogP contribution in [-0.2, 0) is 0 Å². The second kappa shape index (κ2) is 5.17. The second-order valence-electron chi connectivity index (χ2n) is 3.23. The van der Waals surface area contributed by atoms with Gasteiger partial charge in [0.1, 0.15) is 9.32 Å². The van der Waals surface area contributed by atoms with Crippen LogP contribution in [0.4, 0.5) is 5.69 Å². The lowest BCUT2D eigenvalue weighted by Gasteiger charge is -2.06. The number of hydrogen-bond acceptors (Lipinski definition) is 4. The molecule has 0 saturated carbocycles. The van der Waals surface area contributed by atoms with Crippen molar-refractivity contribution in [3.8, 4) is 11.6 Å². The number of hydrogen-bond donors (Lipinski definition) is 2. The molecule has 5 nitrogen and oxygen atoms in total. The topological polar surface area (TPSA) is 67.0 Å². The van der Waals surface area contributed by atoms with Crippen molar-refractivity contribution in [1.29, 1.82) is 0 Å². The van der Waals surface area contributed by atoms with Gasteiger partial charge in [0.15, 0.2) is 0 Å². The van der Waals surface area contributed by atoms with Crippen LogP contribution in [0.5, 0.6) is 11.6 Å². The van der Waals surface area contributed by atoms with Crippen molar-refractivity contribution < 1.29 is 4.74 Å². The summed E-state index contributed by atoms with van der Waals surface area (Å²) in [5, 5.41) is 3.01. The average Bonchev–Trinajstić information content (AvgIpc) is 2.36. The van der Waals surface area contributed by atoms with Crippen molar-refractivity contribution in [2.24, 2.45) is 0 Å². The molecule has 1 aromatic heterocycles. The summed E-state index contributed by atoms with van der Waals surface area (Å²) in [7, 11) is 1.84. The Morgan fingerprint density at radius 2 is 2.06 bits per heavy atom. The van der Waals surface area contributed by atoms with Crippen molar-refractivity contribution in [1.82, 2.24) is 9.97 Å². The lowest BCUT2D eigenvalue weighted by molar-refractivity contribution is 0.456. The molecule has 0 aliphatic rings. The summed E-state index contributed by atoms with van der Waals surface area (Å²) in [6.45, 7) is 0. The van der Waals surface area contributed by atoms with E-state index >= 15 is 0 Å². The fourth-order valence-electron chi connectivity index (χ4n) is 1.24. The predicted molar refractivity (Wildman–Crippen MR) is 73.6 cm³/mol. The van der Waals surface area contributed by atoms with Crippen LogP contribution in [0.1, 0.15) is 0 Å². The second-order valence-corrected chi connectivity index (χ2v) is 4.31. The number of ether oxygens (including phenoxy) is 1. The van der Waals surface area contributed by atoms with Crippen molar-refractivity contribution in [3.05, 3.63) is 44.5 Å². The van der Waals surface area contributed by atoms with E-state index in [2.05, 4.69) is 15.3 Å². The summed E-state index contributed by atoms with van der Waals surface area (Å²) in [5.41, 5.74) is 0.786. The molecule has 0 unspecified atom stereocenters. The molecular formula is C11H10IN3O2. The summed E-state index contributed by atoms with van der Waals surface area (Å²) < 4.78 is 5.96. The Labute approximate surface area is 111 Å². The van der Waals surface area contributed by atoms with Gasteiger partial charge in [-0.25, -0.2) is 4.98 Å². The third-order valence-corrected chi connectivity index (χ3v) is 3.07. The molecule has 17 heavy (non-hydrogen) atoms. The van der Waals surface area contributed by atoms with E-state index in [4.69, 9.17) is 4.74 Å². The molecule has 0 atom stereocenters. The fourth-order valence-corrected chi connectivity index (χ4v) is 1.64. The summed E-state index contributed by atoms with van der Waals surface area (Å²) in [4.78, 5) is 17.8. The van der Waals surface area contributed by atoms with Gasteiger partial charge in [-0.2, -0.15) is 0 Å². The van der Waals surface area contributed by atoms with E-state index in [-0.39, 0.29) is 5.56 Å². The first kappa shape index (κ1) is 11.9. The summed E-state index contributed by atoms with van der Waals surface area (Å²) in [6.07, 6.45) is 1.32. The molecule has 1 heterocycles. The Morgan fingerprint density at radius 1 is 1.35 bits per heavy atom. The third kappa shape index (κ3) is 2.76. The molecule has 0 aliphatic heterocycles. The number of halogens is 1. The summed E-state index contributed by atoms with van der Waals surface area (Å²) in [6, 6.07) is 7.39. The highest BCUT2D eigenvalue weighted by Crippen LogP contribution is 2.23. The van der Waals surface area contributed by atoms with E-state index in [1.807, 2.05) is 53.9 Å². The SMILES string of the molecule is CNc1ccc(Oc2nc[nH]c(=O)c2I)cc1. The molecule has 0 radical (unpaired) electrons. The monoisotopic (exact) mass is 343 g/mol. The minimum atomic E-state index is -0.206. The Morgan fingerprint density at radius 3 is 2.71 bits per heavy atom. The number of aromatic nitrogens is 2. The van der Waals surface area contributed by atoms with Crippen molar-refractivity contribution >= 4 is 28.3 Å². The zero-order valence-electron chi connectivity index (χ0n) is 9.03. The molecule has 0 amide bonds. The maximum Gasteiger partial charge on any atom is 0.268 e. The van der Waals surface area contributed by atoms with Gasteiger partial charge < -0.3 is 15.0 Å². The molecule has 0 saturated heterocycles. The van der Waals surface area contributed by atoms with E-state index in [9.17, 15) is 4.79 Å². The normalized spacial score (nSPS) is 10.0. The molecular weight excluding hydrogens is 333 g/mol. The van der Waals surface area contributed by atoms with Crippen molar-refractivity contribution in [3.63, 3.8) is 0 Å². The first-order valence-electron chi connectivity index (χ1n) is 4.89. The Hall–Kier alpha value is -1.57. The van der Waals surface area contributed by atoms with Crippen LogP contribution in [0.2, 0.25) is 0 Å². The average molecular weight is 343 g/mol. The van der Waals surface area contributed by atoms with Gasteiger partial charge in [0.25, 0.3) is 5.56 Å². The number of nitrogens with zero attached hydrogens (tertiary/aromatic N) is 1. The predicted octanol–water partition coefficient (Wildman–Crippen LogP) is 2.21. The molecule has 2 N–H and O–H groups in total. The van der Waals surface area contributed by atoms with Crippen LogP contribution in [0, 0.1) is 3.57 Å². The maximum atomic E-state index is 11.3. The van der Waals surface area contributed by atoms with E-state index in [0.29, 0.717) is 15.2 Å². The molecule has 0 spiro atoms. The van der Waals surface area contributed by atoms with Gasteiger partial charge in [0.2, 0.25) is 5.88 Å². The van der Waals surface area contributed by atoms with Crippen molar-refractivity contribution in [2.45, 2.75) is 0 Å². The molecule has 0 bridgehead atoms. The lowest BCUT2D eigenvalue weighted by Crippen LogP contribution is -2.11. The van der Waals surface area contributed by atoms with Crippen LogP contribution >= 0.6 is 22.6 Å². The quantitative estimate of drug-likeness (QED) is 0.839. The first-order valence-corrected chi connectivity index (χ1v) is 5.97. The molecule has 0 fully saturated rings. The summed E-state index contributed by atoms with van der Waals surface area (Å²) in [5.74, 6) is 0.951. The zero-order chi connectivity index (χ0) is 12.3. The number of H-pyrrole nitrogens is 1. The van der Waals surface area contributed by atoms with E-state index in [0.717, 1.165) is 5.69 Å². The van der Waals surface area contributed by atoms with Gasteiger partial charge in [-0.05, 0) is 46.9 Å². The molecule has 88 valence electrons. The minimum Gasteiger partial charge on any atom is -0.438 e.